The molecular weight excluding hydrogens is 407 g/mol. The Kier molecular flexibility index (Phi) is 12.2. The van der Waals surface area contributed by atoms with Crippen LogP contribution in [0.2, 0.25) is 0 Å². The Morgan fingerprint density at radius 2 is 1.30 bits per heavy atom. The van der Waals surface area contributed by atoms with E-state index in [0.29, 0.717) is 18.5 Å². The van der Waals surface area contributed by atoms with Crippen molar-refractivity contribution in [2.45, 2.75) is 6.10 Å². The van der Waals surface area contributed by atoms with Crippen LogP contribution in [-0.2, 0) is 4.74 Å². The van der Waals surface area contributed by atoms with Gasteiger partial charge in [0.1, 0.15) is 24.2 Å². The summed E-state index contributed by atoms with van der Waals surface area (Å²) in [6.07, 6.45) is 0.309. The number of phenolic OH excluding ortho intramolecular Hbond substituents is 1. The van der Waals surface area contributed by atoms with Gasteiger partial charge in [-0.3, -0.25) is 0 Å². The second-order valence-electron chi connectivity index (χ2n) is 6.24. The summed E-state index contributed by atoms with van der Waals surface area (Å²) in [5.41, 5.74) is 0. The molecule has 1 aliphatic heterocycles. The predicted molar refractivity (Wildman–Crippen MR) is 115 cm³/mol. The van der Waals surface area contributed by atoms with Crippen LogP contribution in [0, 0.1) is 0 Å². The van der Waals surface area contributed by atoms with Gasteiger partial charge in [0.25, 0.3) is 0 Å². The van der Waals surface area contributed by atoms with Gasteiger partial charge in [-0.1, -0.05) is 72.8 Å². The van der Waals surface area contributed by atoms with E-state index in [-0.39, 0.29) is 56.9 Å². The van der Waals surface area contributed by atoms with Gasteiger partial charge in [0.05, 0.1) is 6.61 Å². The SMILES string of the molecule is CO.Oc1cccc2ccccc12.[K+].[OH-].c1ccc2c(OCC3CO3)cccc2c1. The molecule has 1 saturated heterocycles. The summed E-state index contributed by atoms with van der Waals surface area (Å²) >= 11 is 0. The average Bonchev–Trinajstić information content (AvgIpc) is 3.59. The number of rotatable bonds is 3. The predicted octanol–water partition coefficient (Wildman–Crippen LogP) is 1.60. The monoisotopic (exact) mass is 432 g/mol. The van der Waals surface area contributed by atoms with Crippen molar-refractivity contribution in [1.82, 2.24) is 0 Å². The molecule has 1 fully saturated rings. The minimum Gasteiger partial charge on any atom is -0.870 e. The van der Waals surface area contributed by atoms with E-state index in [0.717, 1.165) is 30.2 Å². The summed E-state index contributed by atoms with van der Waals surface area (Å²) in [5, 5.41) is 20.7. The van der Waals surface area contributed by atoms with Gasteiger partial charge in [-0.15, -0.1) is 0 Å². The molecule has 0 saturated carbocycles. The van der Waals surface area contributed by atoms with Crippen LogP contribution >= 0.6 is 0 Å². The Bertz CT molecular complexity index is 1020. The van der Waals surface area contributed by atoms with Gasteiger partial charge < -0.3 is 25.2 Å². The van der Waals surface area contributed by atoms with Crippen molar-refractivity contribution in [2.75, 3.05) is 20.3 Å². The molecule has 1 aliphatic rings. The normalized spacial score (nSPS) is 13.5. The fourth-order valence-corrected chi connectivity index (χ4v) is 2.88. The van der Waals surface area contributed by atoms with Gasteiger partial charge in [0.15, 0.2) is 0 Å². The van der Waals surface area contributed by atoms with Gasteiger partial charge >= 0.3 is 51.4 Å². The number of aromatic hydroxyl groups is 1. The third kappa shape index (κ3) is 7.33. The van der Waals surface area contributed by atoms with Crippen molar-refractivity contribution in [3.05, 3.63) is 84.9 Å². The molecule has 152 valence electrons. The summed E-state index contributed by atoms with van der Waals surface area (Å²) in [6.45, 7) is 1.50. The summed E-state index contributed by atoms with van der Waals surface area (Å²) < 4.78 is 10.8. The topological polar surface area (TPSA) is 92.2 Å². The second-order valence-corrected chi connectivity index (χ2v) is 6.24. The number of ether oxygens (including phenoxy) is 2. The zero-order valence-corrected chi connectivity index (χ0v) is 20.4. The molecule has 0 radical (unpaired) electrons. The van der Waals surface area contributed by atoms with Gasteiger partial charge in [0, 0.05) is 17.9 Å². The molecule has 0 aromatic heterocycles. The smallest absolute Gasteiger partial charge is 0.870 e. The largest absolute Gasteiger partial charge is 1.00 e. The first-order valence-corrected chi connectivity index (χ1v) is 9.15. The number of phenols is 1. The van der Waals surface area contributed by atoms with Crippen LogP contribution in [0.15, 0.2) is 84.9 Å². The van der Waals surface area contributed by atoms with Crippen molar-refractivity contribution in [1.29, 1.82) is 0 Å². The second kappa shape index (κ2) is 13.7. The summed E-state index contributed by atoms with van der Waals surface area (Å²) in [5.74, 6) is 1.30. The molecular formula is C24H25KO5. The van der Waals surface area contributed by atoms with Crippen LogP contribution < -0.4 is 56.1 Å². The van der Waals surface area contributed by atoms with Gasteiger partial charge in [-0.05, 0) is 22.9 Å². The number of fused-ring (bicyclic) bond motifs is 2. The fourth-order valence-electron chi connectivity index (χ4n) is 2.88. The molecule has 5 rings (SSSR count). The molecule has 3 N–H and O–H groups in total. The van der Waals surface area contributed by atoms with Crippen molar-refractivity contribution in [2.24, 2.45) is 0 Å². The number of benzene rings is 4. The molecule has 30 heavy (non-hydrogen) atoms. The number of aliphatic hydroxyl groups is 1. The molecule has 6 heteroatoms. The number of hydrogen-bond acceptors (Lipinski definition) is 5. The quantitative estimate of drug-likeness (QED) is 0.379. The van der Waals surface area contributed by atoms with Crippen LogP contribution in [0.3, 0.4) is 0 Å². The van der Waals surface area contributed by atoms with Crippen molar-refractivity contribution in [3.8, 4) is 11.5 Å². The van der Waals surface area contributed by atoms with E-state index in [1.54, 1.807) is 6.07 Å². The molecule has 4 aromatic rings. The van der Waals surface area contributed by atoms with Crippen LogP contribution in [0.25, 0.3) is 21.5 Å². The van der Waals surface area contributed by atoms with Crippen molar-refractivity contribution >= 4 is 21.5 Å². The van der Waals surface area contributed by atoms with Gasteiger partial charge in [-0.25, -0.2) is 0 Å². The molecule has 0 aliphatic carbocycles. The standard InChI is InChI=1S/C13H12O2.C10H8O.CH4O.K.H2O/c1-2-6-12-10(4-1)5-3-7-13(12)15-9-11-8-14-11;11-10-7-3-5-8-4-1-2-6-9(8)10;1-2;;/h1-7,11H,8-9H2;1-7,11H;2H,1H3;;1H2/q;;;+1;/p-1. The third-order valence-corrected chi connectivity index (χ3v) is 4.34. The minimum atomic E-state index is 0. The Balaban J connectivity index is 0.000000270. The molecule has 1 heterocycles. The molecule has 4 aromatic carbocycles. The van der Waals surface area contributed by atoms with Crippen molar-refractivity contribution < 1.29 is 76.5 Å². The zero-order chi connectivity index (χ0) is 19.8. The van der Waals surface area contributed by atoms with Crippen LogP contribution in [0.4, 0.5) is 0 Å². The molecule has 0 spiro atoms. The Hall–Kier alpha value is -1.48. The number of hydrogen-bond donors (Lipinski definition) is 2. The third-order valence-electron chi connectivity index (χ3n) is 4.34. The Morgan fingerprint density at radius 1 is 0.800 bits per heavy atom. The average molecular weight is 433 g/mol. The first kappa shape index (κ1) is 26.6. The minimum absolute atomic E-state index is 0. The van der Waals surface area contributed by atoms with E-state index in [2.05, 4.69) is 18.2 Å². The van der Waals surface area contributed by atoms with E-state index in [1.165, 1.54) is 10.8 Å². The zero-order valence-electron chi connectivity index (χ0n) is 17.2. The number of epoxide rings is 1. The Morgan fingerprint density at radius 3 is 1.90 bits per heavy atom. The molecule has 0 bridgehead atoms. The number of aliphatic hydroxyl groups excluding tert-OH is 1. The fraction of sp³-hybridized carbons (Fsp3) is 0.167. The van der Waals surface area contributed by atoms with Crippen LogP contribution in [0.1, 0.15) is 0 Å². The van der Waals surface area contributed by atoms with Crippen LogP contribution in [0.5, 0.6) is 11.5 Å². The van der Waals surface area contributed by atoms with E-state index in [1.807, 2.05) is 60.7 Å². The van der Waals surface area contributed by atoms with Gasteiger partial charge in [0.2, 0.25) is 0 Å². The molecule has 5 nitrogen and oxygen atoms in total. The summed E-state index contributed by atoms with van der Waals surface area (Å²) in [4.78, 5) is 0. The first-order chi connectivity index (χ1) is 13.8. The molecule has 1 atom stereocenters. The molecule has 0 amide bonds. The first-order valence-electron chi connectivity index (χ1n) is 9.15. The summed E-state index contributed by atoms with van der Waals surface area (Å²) in [7, 11) is 1.00. The maximum absolute atomic E-state index is 9.37. The van der Waals surface area contributed by atoms with Crippen LogP contribution in [-0.4, -0.2) is 42.1 Å². The van der Waals surface area contributed by atoms with E-state index in [9.17, 15) is 5.11 Å². The van der Waals surface area contributed by atoms with E-state index >= 15 is 0 Å². The van der Waals surface area contributed by atoms with Crippen molar-refractivity contribution in [3.63, 3.8) is 0 Å². The Labute approximate surface area is 219 Å². The van der Waals surface area contributed by atoms with E-state index < -0.39 is 0 Å². The van der Waals surface area contributed by atoms with Gasteiger partial charge in [-0.2, -0.15) is 0 Å². The maximum atomic E-state index is 9.37. The summed E-state index contributed by atoms with van der Waals surface area (Å²) in [6, 6.07) is 27.7. The molecule has 1 unspecified atom stereocenters. The van der Waals surface area contributed by atoms with E-state index in [4.69, 9.17) is 14.6 Å². The maximum Gasteiger partial charge on any atom is 1.00 e.